The van der Waals surface area contributed by atoms with Crippen LogP contribution in [0.15, 0.2) is 24.3 Å². The number of halogens is 2. The van der Waals surface area contributed by atoms with Crippen LogP contribution in [0, 0.1) is 5.82 Å². The number of benzene rings is 1. The number of alkyl carbamates (subject to hydrolysis) is 1. The third-order valence-electron chi connectivity index (χ3n) is 4.28. The van der Waals surface area contributed by atoms with Gasteiger partial charge in [0.1, 0.15) is 23.6 Å². The Labute approximate surface area is 152 Å². The van der Waals surface area contributed by atoms with Crippen LogP contribution in [0.1, 0.15) is 45.6 Å². The van der Waals surface area contributed by atoms with Gasteiger partial charge >= 0.3 is 6.09 Å². The highest BCUT2D eigenvalue weighted by Gasteiger charge is 2.36. The molecule has 1 fully saturated rings. The Bertz CT molecular complexity index is 643. The summed E-state index contributed by atoms with van der Waals surface area (Å²) in [5.74, 6) is -1.19. The Morgan fingerprint density at radius 2 is 1.88 bits per heavy atom. The van der Waals surface area contributed by atoms with Crippen LogP contribution in [0.25, 0.3) is 0 Å². The van der Waals surface area contributed by atoms with Gasteiger partial charge < -0.3 is 15.0 Å². The topological polar surface area (TPSA) is 58.6 Å². The van der Waals surface area contributed by atoms with Crippen molar-refractivity contribution in [2.45, 2.75) is 57.8 Å². The minimum atomic E-state index is -1.05. The largest absolute Gasteiger partial charge is 0.444 e. The molecule has 1 aliphatic heterocycles. The van der Waals surface area contributed by atoms with Crippen molar-refractivity contribution in [2.24, 2.45) is 0 Å². The van der Waals surface area contributed by atoms with E-state index in [0.717, 1.165) is 0 Å². The first-order valence-corrected chi connectivity index (χ1v) is 8.74. The van der Waals surface area contributed by atoms with E-state index in [4.69, 9.17) is 4.74 Å². The van der Waals surface area contributed by atoms with Crippen molar-refractivity contribution in [3.05, 3.63) is 35.6 Å². The molecule has 2 amide bonds. The Hall–Kier alpha value is -2.18. The molecule has 0 radical (unpaired) electrons. The smallest absolute Gasteiger partial charge is 0.408 e. The molecule has 0 saturated carbocycles. The molecule has 5 nitrogen and oxygen atoms in total. The summed E-state index contributed by atoms with van der Waals surface area (Å²) in [4.78, 5) is 26.5. The van der Waals surface area contributed by atoms with Crippen LogP contribution in [0.4, 0.5) is 13.6 Å². The van der Waals surface area contributed by atoms with E-state index in [0.29, 0.717) is 12.1 Å². The highest BCUT2D eigenvalue weighted by Crippen LogP contribution is 2.24. The maximum absolute atomic E-state index is 13.5. The molecule has 1 saturated heterocycles. The van der Waals surface area contributed by atoms with Gasteiger partial charge in [0.25, 0.3) is 0 Å². The maximum atomic E-state index is 13.5. The predicted octanol–water partition coefficient (Wildman–Crippen LogP) is 3.39. The van der Waals surface area contributed by atoms with Crippen LogP contribution in [0.2, 0.25) is 0 Å². The zero-order chi connectivity index (χ0) is 19.5. The van der Waals surface area contributed by atoms with E-state index >= 15 is 0 Å². The van der Waals surface area contributed by atoms with Gasteiger partial charge in [0, 0.05) is 12.5 Å². The molecule has 144 valence electrons. The first kappa shape index (κ1) is 20.1. The van der Waals surface area contributed by atoms with Gasteiger partial charge in [-0.1, -0.05) is 19.1 Å². The number of nitrogens with zero attached hydrogens (tertiary/aromatic N) is 1. The summed E-state index contributed by atoms with van der Waals surface area (Å²) in [6.45, 7) is 7.25. The molecule has 7 heteroatoms. The molecular weight excluding hydrogens is 342 g/mol. The van der Waals surface area contributed by atoms with E-state index in [1.165, 1.54) is 17.0 Å². The van der Waals surface area contributed by atoms with Gasteiger partial charge in [-0.25, -0.2) is 13.6 Å². The zero-order valence-corrected chi connectivity index (χ0v) is 15.6. The highest BCUT2D eigenvalue weighted by molar-refractivity contribution is 5.87. The normalized spacial score (nSPS) is 19.8. The van der Waals surface area contributed by atoms with E-state index in [1.807, 2.05) is 0 Å². The van der Waals surface area contributed by atoms with Gasteiger partial charge in [0.05, 0.1) is 6.54 Å². The number of nitrogens with one attached hydrogen (secondary N) is 1. The second-order valence-electron chi connectivity index (χ2n) is 7.63. The van der Waals surface area contributed by atoms with Crippen LogP contribution < -0.4 is 5.32 Å². The summed E-state index contributed by atoms with van der Waals surface area (Å²) in [5.41, 5.74) is -0.0223. The lowest BCUT2D eigenvalue weighted by atomic mass is 9.92. The molecule has 1 aromatic carbocycles. The van der Waals surface area contributed by atoms with Crippen molar-refractivity contribution in [3.8, 4) is 0 Å². The monoisotopic (exact) mass is 368 g/mol. The number of carbonyl (C=O) groups is 2. The van der Waals surface area contributed by atoms with Crippen molar-refractivity contribution < 1.29 is 23.1 Å². The summed E-state index contributed by atoms with van der Waals surface area (Å²) in [5, 5.41) is 2.61. The fourth-order valence-corrected chi connectivity index (χ4v) is 2.91. The van der Waals surface area contributed by atoms with Crippen LogP contribution in [-0.2, 0) is 9.53 Å². The van der Waals surface area contributed by atoms with Crippen LogP contribution in [-0.4, -0.2) is 47.8 Å². The lowest BCUT2D eigenvalue weighted by molar-refractivity contribution is -0.133. The van der Waals surface area contributed by atoms with E-state index in [-0.39, 0.29) is 24.7 Å². The second-order valence-corrected chi connectivity index (χ2v) is 7.63. The van der Waals surface area contributed by atoms with Gasteiger partial charge in [-0.2, -0.15) is 0 Å². The molecule has 0 aliphatic carbocycles. The van der Waals surface area contributed by atoms with Crippen LogP contribution in [0.5, 0.6) is 0 Å². The molecular formula is C19H26F2N2O3. The van der Waals surface area contributed by atoms with Crippen molar-refractivity contribution in [1.82, 2.24) is 10.2 Å². The number of rotatable bonds is 4. The number of likely N-dealkylation sites (tertiary alicyclic amines) is 1. The zero-order valence-electron chi connectivity index (χ0n) is 15.6. The molecule has 1 aromatic rings. The number of hydrogen-bond donors (Lipinski definition) is 1. The number of ether oxygens (including phenoxy) is 1. The molecule has 1 aliphatic rings. The fraction of sp³-hybridized carbons (Fsp3) is 0.579. The van der Waals surface area contributed by atoms with Crippen LogP contribution in [0.3, 0.4) is 0 Å². The summed E-state index contributed by atoms with van der Waals surface area (Å²) in [6, 6.07) is 4.81. The molecule has 1 heterocycles. The number of alkyl halides is 1. The third kappa shape index (κ3) is 5.41. The molecule has 26 heavy (non-hydrogen) atoms. The molecule has 0 aromatic heterocycles. The lowest BCUT2D eigenvalue weighted by Crippen LogP contribution is -2.51. The van der Waals surface area contributed by atoms with E-state index in [2.05, 4.69) is 5.32 Å². The van der Waals surface area contributed by atoms with Gasteiger partial charge in [0.2, 0.25) is 5.91 Å². The molecule has 0 unspecified atom stereocenters. The molecule has 2 rings (SSSR count). The molecule has 0 spiro atoms. The first-order valence-electron chi connectivity index (χ1n) is 8.74. The number of amides is 2. The van der Waals surface area contributed by atoms with Gasteiger partial charge in [-0.05, 0) is 44.9 Å². The van der Waals surface area contributed by atoms with Gasteiger partial charge in [0.15, 0.2) is 0 Å². The standard InChI is InChI=1S/C19H26F2N2O3/c1-12(13-5-7-14(20)8-6-13)16(22-18(25)26-19(2,3)4)17(24)23-10-9-15(21)11-23/h5-8,12,15-16H,9-11H2,1-4H3,(H,22,25)/t12-,15-,16-/m0/s1. The van der Waals surface area contributed by atoms with Crippen molar-refractivity contribution in [2.75, 3.05) is 13.1 Å². The molecule has 0 bridgehead atoms. The quantitative estimate of drug-likeness (QED) is 0.886. The second kappa shape index (κ2) is 8.01. The van der Waals surface area contributed by atoms with Gasteiger partial charge in [-0.3, -0.25) is 4.79 Å². The Balaban J connectivity index is 2.21. The Morgan fingerprint density at radius 3 is 2.38 bits per heavy atom. The number of hydrogen-bond acceptors (Lipinski definition) is 3. The average molecular weight is 368 g/mol. The fourth-order valence-electron chi connectivity index (χ4n) is 2.91. The number of carbonyl (C=O) groups excluding carboxylic acids is 2. The lowest BCUT2D eigenvalue weighted by Gasteiger charge is -2.30. The Kier molecular flexibility index (Phi) is 6.21. The summed E-state index contributed by atoms with van der Waals surface area (Å²) >= 11 is 0. The SMILES string of the molecule is C[C@@H](c1ccc(F)cc1)[C@H](NC(=O)OC(C)(C)C)C(=O)N1CC[C@H](F)C1. The summed E-state index contributed by atoms with van der Waals surface area (Å²) < 4.78 is 31.9. The first-order chi connectivity index (χ1) is 12.1. The van der Waals surface area contributed by atoms with Crippen molar-refractivity contribution >= 4 is 12.0 Å². The predicted molar refractivity (Wildman–Crippen MR) is 94.1 cm³/mol. The van der Waals surface area contributed by atoms with E-state index < -0.39 is 29.8 Å². The maximum Gasteiger partial charge on any atom is 0.408 e. The van der Waals surface area contributed by atoms with Crippen molar-refractivity contribution in [3.63, 3.8) is 0 Å². The molecule has 3 atom stereocenters. The van der Waals surface area contributed by atoms with E-state index in [1.54, 1.807) is 39.8 Å². The summed E-state index contributed by atoms with van der Waals surface area (Å²) in [6.07, 6.45) is -1.49. The average Bonchev–Trinajstić information content (AvgIpc) is 2.97. The molecule has 1 N–H and O–H groups in total. The minimum Gasteiger partial charge on any atom is -0.444 e. The summed E-state index contributed by atoms with van der Waals surface area (Å²) in [7, 11) is 0. The minimum absolute atomic E-state index is 0.0153. The third-order valence-corrected chi connectivity index (χ3v) is 4.28. The Morgan fingerprint density at radius 1 is 1.27 bits per heavy atom. The highest BCUT2D eigenvalue weighted by atomic mass is 19.1. The van der Waals surface area contributed by atoms with E-state index in [9.17, 15) is 18.4 Å². The van der Waals surface area contributed by atoms with Crippen molar-refractivity contribution in [1.29, 1.82) is 0 Å². The van der Waals surface area contributed by atoms with Crippen LogP contribution >= 0.6 is 0 Å². The van der Waals surface area contributed by atoms with Gasteiger partial charge in [-0.15, -0.1) is 0 Å².